The summed E-state index contributed by atoms with van der Waals surface area (Å²) in [6.45, 7) is 24.9. The van der Waals surface area contributed by atoms with Crippen molar-refractivity contribution in [3.05, 3.63) is 112 Å². The van der Waals surface area contributed by atoms with E-state index in [2.05, 4.69) is 47.6 Å². The molecule has 0 radical (unpaired) electrons. The van der Waals surface area contributed by atoms with E-state index in [1.807, 2.05) is 53.7 Å². The van der Waals surface area contributed by atoms with Gasteiger partial charge in [-0.25, -0.2) is 9.80 Å². The van der Waals surface area contributed by atoms with Gasteiger partial charge < -0.3 is 9.47 Å². The molecule has 6 rings (SSSR count). The van der Waals surface area contributed by atoms with Gasteiger partial charge in [-0.3, -0.25) is 19.2 Å². The van der Waals surface area contributed by atoms with Gasteiger partial charge in [0.25, 0.3) is 23.6 Å². The van der Waals surface area contributed by atoms with Gasteiger partial charge in [0.05, 0.1) is 33.6 Å². The minimum absolute atomic E-state index is 0.199. The van der Waals surface area contributed by atoms with Gasteiger partial charge in [-0.2, -0.15) is 0 Å². The summed E-state index contributed by atoms with van der Waals surface area (Å²) in [6, 6.07) is 20.7. The number of amides is 4. The summed E-state index contributed by atoms with van der Waals surface area (Å²) in [7, 11) is 0. The monoisotopic (exact) mass is 700 g/mol. The maximum Gasteiger partial charge on any atom is 0.266 e. The highest BCUT2D eigenvalue weighted by Gasteiger charge is 2.40. The molecule has 4 aromatic rings. The van der Waals surface area contributed by atoms with Gasteiger partial charge in [0.15, 0.2) is 0 Å². The number of nitrogens with zero attached hydrogens (tertiary/aromatic N) is 2. The number of hydrogen-bond donors (Lipinski definition) is 0. The number of carbonyl (C=O) groups is 4. The van der Waals surface area contributed by atoms with Gasteiger partial charge in [0, 0.05) is 11.1 Å². The van der Waals surface area contributed by atoms with E-state index in [1.54, 1.807) is 48.5 Å². The number of imide groups is 2. The number of ether oxygens (including phenoxy) is 2. The predicted octanol–water partition coefficient (Wildman–Crippen LogP) is 10.1. The molecule has 2 heterocycles. The standard InChI is InChI=1S/C44H48N2O6/c1-41(2,3)25-16-18-29-31(20-25)39(49)45(37(29)47)26-14-13-15-27(21-26)46-38(48)30-19-17-28(22-32(30)40(46)50)51-35-23-34(43(7,8)9)36(52-44(10,11)12)24-33(35)42(4,5)6/h13-24H,1-12H3. The molecule has 4 aromatic carbocycles. The molecule has 2 aliphatic heterocycles. The van der Waals surface area contributed by atoms with Crippen molar-refractivity contribution in [3.8, 4) is 17.2 Å². The van der Waals surface area contributed by atoms with Crippen LogP contribution in [-0.2, 0) is 16.2 Å². The minimum Gasteiger partial charge on any atom is -0.488 e. The van der Waals surface area contributed by atoms with Crippen molar-refractivity contribution >= 4 is 35.0 Å². The van der Waals surface area contributed by atoms with Crippen LogP contribution in [0.2, 0.25) is 0 Å². The molecule has 0 fully saturated rings. The highest BCUT2D eigenvalue weighted by Crippen LogP contribution is 2.44. The van der Waals surface area contributed by atoms with Crippen molar-refractivity contribution < 1.29 is 28.7 Å². The molecular formula is C44H48N2O6. The summed E-state index contributed by atoms with van der Waals surface area (Å²) in [5.41, 5.74) is 3.27. The largest absolute Gasteiger partial charge is 0.488 e. The molecule has 8 nitrogen and oxygen atoms in total. The summed E-state index contributed by atoms with van der Waals surface area (Å²) in [4.78, 5) is 56.9. The first kappa shape index (κ1) is 36.5. The lowest BCUT2D eigenvalue weighted by atomic mass is 9.80. The van der Waals surface area contributed by atoms with Crippen LogP contribution in [0.5, 0.6) is 17.2 Å². The van der Waals surface area contributed by atoms with Crippen molar-refractivity contribution in [3.63, 3.8) is 0 Å². The molecule has 0 N–H and O–H groups in total. The second-order valence-corrected chi connectivity index (χ2v) is 17.8. The van der Waals surface area contributed by atoms with E-state index in [0.29, 0.717) is 22.6 Å². The Morgan fingerprint density at radius 2 is 0.923 bits per heavy atom. The summed E-state index contributed by atoms with van der Waals surface area (Å²) in [5, 5.41) is 0. The Morgan fingerprint density at radius 3 is 1.42 bits per heavy atom. The van der Waals surface area contributed by atoms with Crippen molar-refractivity contribution in [2.45, 2.75) is 105 Å². The smallest absolute Gasteiger partial charge is 0.266 e. The summed E-state index contributed by atoms with van der Waals surface area (Å²) < 4.78 is 13.0. The Kier molecular flexibility index (Phi) is 8.56. The molecule has 0 aliphatic carbocycles. The third kappa shape index (κ3) is 6.62. The normalized spacial score (nSPS) is 15.0. The van der Waals surface area contributed by atoms with Crippen molar-refractivity contribution in [1.29, 1.82) is 0 Å². The lowest BCUT2D eigenvalue weighted by molar-refractivity contribution is 0.0912. The van der Waals surface area contributed by atoms with Crippen LogP contribution < -0.4 is 19.3 Å². The highest BCUT2D eigenvalue weighted by molar-refractivity contribution is 6.36. The van der Waals surface area contributed by atoms with E-state index < -0.39 is 29.2 Å². The molecule has 0 atom stereocenters. The second-order valence-electron chi connectivity index (χ2n) is 17.8. The molecule has 0 saturated heterocycles. The van der Waals surface area contributed by atoms with Gasteiger partial charge in [0.2, 0.25) is 0 Å². The summed E-state index contributed by atoms with van der Waals surface area (Å²) in [5.74, 6) is -0.101. The van der Waals surface area contributed by atoms with Crippen LogP contribution in [0, 0.1) is 0 Å². The van der Waals surface area contributed by atoms with E-state index in [4.69, 9.17) is 9.47 Å². The fraction of sp³-hybridized carbons (Fsp3) is 0.364. The van der Waals surface area contributed by atoms with Crippen LogP contribution in [0.15, 0.2) is 72.8 Å². The molecule has 0 saturated carbocycles. The van der Waals surface area contributed by atoms with Crippen LogP contribution in [0.25, 0.3) is 0 Å². The van der Waals surface area contributed by atoms with Gasteiger partial charge in [-0.1, -0.05) is 74.4 Å². The van der Waals surface area contributed by atoms with Gasteiger partial charge >= 0.3 is 0 Å². The average Bonchev–Trinajstić information content (AvgIpc) is 3.42. The van der Waals surface area contributed by atoms with Crippen molar-refractivity contribution in [2.75, 3.05) is 9.80 Å². The highest BCUT2D eigenvalue weighted by atomic mass is 16.5. The second kappa shape index (κ2) is 12.2. The fourth-order valence-corrected chi connectivity index (χ4v) is 6.59. The third-order valence-corrected chi connectivity index (χ3v) is 9.30. The Balaban J connectivity index is 1.32. The van der Waals surface area contributed by atoms with E-state index >= 15 is 0 Å². The van der Waals surface area contributed by atoms with E-state index in [0.717, 1.165) is 32.2 Å². The molecule has 8 heteroatoms. The van der Waals surface area contributed by atoms with Gasteiger partial charge in [-0.15, -0.1) is 0 Å². The first-order valence-electron chi connectivity index (χ1n) is 17.7. The van der Waals surface area contributed by atoms with Crippen LogP contribution >= 0.6 is 0 Å². The third-order valence-electron chi connectivity index (χ3n) is 9.30. The molecule has 2 aliphatic rings. The number of benzene rings is 4. The lowest BCUT2D eigenvalue weighted by Gasteiger charge is -2.32. The number of rotatable bonds is 5. The molecule has 270 valence electrons. The maximum atomic E-state index is 14.0. The SMILES string of the molecule is CC(C)(C)Oc1cc(C(C)(C)C)c(Oc2ccc3c(c2)C(=O)N(c2cccc(N4C(=O)c5ccc(C(C)(C)C)cc5C4=O)c2)C3=O)cc1C(C)(C)C. The predicted molar refractivity (Wildman–Crippen MR) is 205 cm³/mol. The number of carbonyl (C=O) groups excluding carboxylic acids is 4. The van der Waals surface area contributed by atoms with E-state index in [1.165, 1.54) is 6.07 Å². The Morgan fingerprint density at radius 1 is 0.462 bits per heavy atom. The van der Waals surface area contributed by atoms with Crippen LogP contribution in [0.3, 0.4) is 0 Å². The Labute approximate surface area is 306 Å². The first-order chi connectivity index (χ1) is 24.0. The minimum atomic E-state index is -0.528. The van der Waals surface area contributed by atoms with Crippen LogP contribution in [0.1, 0.15) is 141 Å². The van der Waals surface area contributed by atoms with Gasteiger partial charge in [-0.05, 0) is 103 Å². The van der Waals surface area contributed by atoms with Crippen LogP contribution in [0.4, 0.5) is 11.4 Å². The summed E-state index contributed by atoms with van der Waals surface area (Å²) >= 11 is 0. The molecule has 0 bridgehead atoms. The maximum absolute atomic E-state index is 14.0. The fourth-order valence-electron chi connectivity index (χ4n) is 6.59. The molecule has 0 unspecified atom stereocenters. The number of hydrogen-bond acceptors (Lipinski definition) is 6. The van der Waals surface area contributed by atoms with Crippen molar-refractivity contribution in [1.82, 2.24) is 0 Å². The molecule has 0 aromatic heterocycles. The summed E-state index contributed by atoms with van der Waals surface area (Å²) in [6.07, 6.45) is 0. The zero-order valence-corrected chi connectivity index (χ0v) is 32.3. The molecule has 4 amide bonds. The zero-order valence-electron chi connectivity index (χ0n) is 32.3. The zero-order chi connectivity index (χ0) is 38.3. The van der Waals surface area contributed by atoms with E-state index in [9.17, 15) is 19.2 Å². The topological polar surface area (TPSA) is 93.2 Å². The molecule has 0 spiro atoms. The van der Waals surface area contributed by atoms with Crippen molar-refractivity contribution in [2.24, 2.45) is 0 Å². The van der Waals surface area contributed by atoms with Gasteiger partial charge in [0.1, 0.15) is 22.8 Å². The molecular weight excluding hydrogens is 652 g/mol. The first-order valence-corrected chi connectivity index (χ1v) is 17.7. The number of fused-ring (bicyclic) bond motifs is 2. The molecule has 52 heavy (non-hydrogen) atoms. The average molecular weight is 701 g/mol. The van der Waals surface area contributed by atoms with E-state index in [-0.39, 0.29) is 38.7 Å². The van der Waals surface area contributed by atoms with Crippen LogP contribution in [-0.4, -0.2) is 29.2 Å². The Bertz CT molecular complexity index is 2170. The Hall–Kier alpha value is -5.24. The lowest BCUT2D eigenvalue weighted by Crippen LogP contribution is -2.31. The number of anilines is 2. The quantitative estimate of drug-likeness (QED) is 0.192.